The number of hydrogen-bond acceptors (Lipinski definition) is 18. The van der Waals surface area contributed by atoms with Crippen LogP contribution < -0.4 is 24.3 Å². The molecular weight excluding hydrogens is 941 g/mol. The molecule has 0 aliphatic heterocycles. The SMILES string of the molecule is COCCOCOc1ccccc1C=NCC(N=Cc1ccccc1OCOCCOC)C(=O)OC.COCCOCOc1ccccc1CCCC(CO)NCc1ccccc1OCOCCOC.[AlH2].[Li]. The van der Waals surface area contributed by atoms with Gasteiger partial charge in [0.15, 0.2) is 33.2 Å². The van der Waals surface area contributed by atoms with Gasteiger partial charge in [0.25, 0.3) is 0 Å². The van der Waals surface area contributed by atoms with E-state index in [1.807, 2.05) is 84.9 Å². The van der Waals surface area contributed by atoms with Gasteiger partial charge in [0.1, 0.15) is 40.4 Å². The third kappa shape index (κ3) is 28.8. The Bertz CT molecular complexity index is 2020. The van der Waals surface area contributed by atoms with Crippen LogP contribution in [0.15, 0.2) is 107 Å². The van der Waals surface area contributed by atoms with Crippen LogP contribution in [0.25, 0.3) is 0 Å². The number of aliphatic hydroxyl groups excluding tert-OH is 1. The maximum atomic E-state index is 12.3. The van der Waals surface area contributed by atoms with E-state index >= 15 is 0 Å². The van der Waals surface area contributed by atoms with Crippen molar-refractivity contribution in [2.45, 2.75) is 37.9 Å². The standard InChI is InChI=1S/C26H34N2O8.C26H39NO7.Al.Li.2H/c1-30-12-14-33-19-35-24-10-6-4-8-21(24)16-27-18-23(26(29)32-3)28-17-22-9-5-7-11-25(22)36-20-34-15-13-31-2;1-29-14-16-31-20-33-25-12-5-3-8-22(25)10-7-11-24(19-28)27-18-23-9-4-6-13-26(23)34-21-32-17-15-30-2;;;;/h4-11,16-17,23H,12-15,18-20H2,1-3H3;3-6,8-9,12-13,24,27-28H,7,10-11,14-21H2,1-2H3;;;;. The molecule has 2 atom stereocenters. The summed E-state index contributed by atoms with van der Waals surface area (Å²) >= 11 is 0. The van der Waals surface area contributed by atoms with Crippen LogP contribution in [-0.2, 0) is 60.4 Å². The number of aliphatic hydroxyl groups is 1. The number of methoxy groups -OCH3 is 5. The molecule has 0 saturated carbocycles. The van der Waals surface area contributed by atoms with Gasteiger partial charge in [-0.1, -0.05) is 60.7 Å². The number of benzene rings is 4. The number of para-hydroxylation sites is 4. The van der Waals surface area contributed by atoms with Crippen LogP contribution in [0.2, 0.25) is 0 Å². The van der Waals surface area contributed by atoms with E-state index in [0.29, 0.717) is 76.5 Å². The number of rotatable bonds is 38. The Morgan fingerprint density at radius 2 is 0.986 bits per heavy atom. The Balaban J connectivity index is 0.000000702. The van der Waals surface area contributed by atoms with Gasteiger partial charge in [0.05, 0.1) is 73.1 Å². The molecule has 0 aromatic heterocycles. The van der Waals surface area contributed by atoms with Crippen LogP contribution in [0, 0.1) is 0 Å². The number of aliphatic imine (C=N–C) groups is 2. The molecule has 0 fully saturated rings. The van der Waals surface area contributed by atoms with Crippen molar-refractivity contribution >= 4 is 54.6 Å². The number of ether oxygens (including phenoxy) is 13. The fourth-order valence-corrected chi connectivity index (χ4v) is 6.10. The Hall–Kier alpha value is -4.38. The van der Waals surface area contributed by atoms with Crippen LogP contribution in [0.3, 0.4) is 0 Å². The van der Waals surface area contributed by atoms with Crippen molar-refractivity contribution in [3.8, 4) is 23.0 Å². The van der Waals surface area contributed by atoms with Crippen molar-refractivity contribution in [3.63, 3.8) is 0 Å². The average Bonchev–Trinajstić information content (AvgIpc) is 3.39. The predicted octanol–water partition coefficient (Wildman–Crippen LogP) is 4.63. The average molecular weight is 1020 g/mol. The zero-order valence-electron chi connectivity index (χ0n) is 43.3. The molecule has 0 bridgehead atoms. The molecular formula is C52H75AlLiN3O15. The summed E-state index contributed by atoms with van der Waals surface area (Å²) in [6.45, 7) is 5.14. The third-order valence-corrected chi connectivity index (χ3v) is 9.88. The molecule has 20 heteroatoms. The summed E-state index contributed by atoms with van der Waals surface area (Å²) in [7, 11) is 7.80. The molecule has 0 amide bonds. The van der Waals surface area contributed by atoms with E-state index in [-0.39, 0.29) is 82.6 Å². The van der Waals surface area contributed by atoms with Gasteiger partial charge in [-0.05, 0) is 61.2 Å². The largest absolute Gasteiger partial charge is 0.467 e. The van der Waals surface area contributed by atoms with Crippen LogP contribution >= 0.6 is 0 Å². The van der Waals surface area contributed by atoms with E-state index in [2.05, 4.69) is 21.4 Å². The zero-order valence-corrected chi connectivity index (χ0v) is 45.3. The van der Waals surface area contributed by atoms with Gasteiger partial charge in [0, 0.05) is 89.0 Å². The molecule has 2 N–H and O–H groups in total. The summed E-state index contributed by atoms with van der Waals surface area (Å²) in [5, 5.41) is 13.3. The first-order chi connectivity index (χ1) is 34.5. The number of carbonyl (C=O) groups is 1. The Labute approximate surface area is 448 Å². The number of esters is 1. The van der Waals surface area contributed by atoms with Crippen LogP contribution in [0.5, 0.6) is 23.0 Å². The summed E-state index contributed by atoms with van der Waals surface area (Å²) in [6, 6.07) is 29.6. The van der Waals surface area contributed by atoms with E-state index in [4.69, 9.17) is 61.6 Å². The molecule has 2 unspecified atom stereocenters. The van der Waals surface area contributed by atoms with Crippen LogP contribution in [0.4, 0.5) is 0 Å². The molecule has 72 heavy (non-hydrogen) atoms. The summed E-state index contributed by atoms with van der Waals surface area (Å²) in [4.78, 5) is 21.1. The van der Waals surface area contributed by atoms with Gasteiger partial charge in [-0.3, -0.25) is 9.98 Å². The smallest absolute Gasteiger partial charge is 0.332 e. The molecule has 0 saturated heterocycles. The number of nitrogens with one attached hydrogen (secondary N) is 1. The van der Waals surface area contributed by atoms with E-state index in [1.165, 1.54) is 7.11 Å². The molecule has 0 spiro atoms. The topological polar surface area (TPSA) is 194 Å². The molecule has 0 aliphatic rings. The number of hydrogen-bond donors (Lipinski definition) is 2. The first kappa shape index (κ1) is 65.6. The van der Waals surface area contributed by atoms with Crippen molar-refractivity contribution in [3.05, 3.63) is 119 Å². The minimum Gasteiger partial charge on any atom is -0.467 e. The van der Waals surface area contributed by atoms with Crippen molar-refractivity contribution in [1.82, 2.24) is 5.32 Å². The zero-order chi connectivity index (χ0) is 50.1. The summed E-state index contributed by atoms with van der Waals surface area (Å²) in [5.41, 5.74) is 3.58. The third-order valence-electron chi connectivity index (χ3n) is 9.88. The van der Waals surface area contributed by atoms with Crippen LogP contribution in [0.1, 0.15) is 35.1 Å². The van der Waals surface area contributed by atoms with Gasteiger partial charge in [-0.25, -0.2) is 4.79 Å². The second kappa shape index (κ2) is 44.1. The van der Waals surface area contributed by atoms with E-state index in [9.17, 15) is 9.90 Å². The summed E-state index contributed by atoms with van der Waals surface area (Å²) < 4.78 is 69.0. The summed E-state index contributed by atoms with van der Waals surface area (Å²) in [6.07, 6.45) is 5.79. The molecule has 0 heterocycles. The molecule has 2 radical (unpaired) electrons. The van der Waals surface area contributed by atoms with Crippen molar-refractivity contribution in [2.24, 2.45) is 9.98 Å². The van der Waals surface area contributed by atoms with Crippen molar-refractivity contribution in [1.29, 1.82) is 0 Å². The number of nitrogens with zero attached hydrogens (tertiary/aromatic N) is 2. The Kier molecular flexibility index (Phi) is 40.2. The Morgan fingerprint density at radius 1 is 0.569 bits per heavy atom. The summed E-state index contributed by atoms with van der Waals surface area (Å²) in [5.74, 6) is 2.27. The van der Waals surface area contributed by atoms with E-state index in [0.717, 1.165) is 47.5 Å². The molecule has 18 nitrogen and oxygen atoms in total. The molecule has 4 rings (SSSR count). The van der Waals surface area contributed by atoms with Gasteiger partial charge in [-0.2, -0.15) is 0 Å². The fourth-order valence-electron chi connectivity index (χ4n) is 6.10. The molecule has 0 aliphatic carbocycles. The second-order valence-corrected chi connectivity index (χ2v) is 14.9. The van der Waals surface area contributed by atoms with Crippen molar-refractivity contribution in [2.75, 3.05) is 129 Å². The molecule has 4 aromatic carbocycles. The second-order valence-electron chi connectivity index (χ2n) is 14.9. The van der Waals surface area contributed by atoms with Crippen LogP contribution in [-0.4, -0.2) is 201 Å². The van der Waals surface area contributed by atoms with E-state index in [1.54, 1.807) is 46.9 Å². The quantitative estimate of drug-likeness (QED) is 0.0207. The predicted molar refractivity (Wildman–Crippen MR) is 280 cm³/mol. The number of carbonyl (C=O) groups excluding carboxylic acids is 1. The van der Waals surface area contributed by atoms with Gasteiger partial charge in [0.2, 0.25) is 0 Å². The Morgan fingerprint density at radius 3 is 1.46 bits per heavy atom. The molecule has 392 valence electrons. The van der Waals surface area contributed by atoms with Gasteiger partial charge < -0.3 is 72.0 Å². The number of aryl methyl sites for hydroxylation is 1. The maximum Gasteiger partial charge on any atom is 0.332 e. The first-order valence-electron chi connectivity index (χ1n) is 23.0. The normalized spacial score (nSPS) is 11.8. The minimum atomic E-state index is -0.831. The monoisotopic (exact) mass is 1020 g/mol. The molecule has 4 aromatic rings. The maximum absolute atomic E-state index is 12.3. The first-order valence-corrected chi connectivity index (χ1v) is 23.0. The fraction of sp³-hybridized carbons (Fsp3) is 0.481. The van der Waals surface area contributed by atoms with E-state index < -0.39 is 12.0 Å². The van der Waals surface area contributed by atoms with Crippen molar-refractivity contribution < 1.29 is 71.5 Å². The van der Waals surface area contributed by atoms with Gasteiger partial charge >= 0.3 is 5.97 Å². The minimum absolute atomic E-state index is 0. The van der Waals surface area contributed by atoms with Gasteiger partial charge in [-0.15, -0.1) is 0 Å².